The molecule has 5 aliphatic rings. The number of nitrogens with one attached hydrogen (secondary N) is 1. The fraction of sp³-hybridized carbons (Fsp3) is 0.484. The van der Waals surface area contributed by atoms with E-state index in [1.165, 1.54) is 11.3 Å². The van der Waals surface area contributed by atoms with Crippen LogP contribution in [0.5, 0.6) is 11.8 Å². The second-order valence-corrected chi connectivity index (χ2v) is 13.7. The second kappa shape index (κ2) is 9.35. The summed E-state index contributed by atoms with van der Waals surface area (Å²) >= 11 is 1.40. The summed E-state index contributed by atoms with van der Waals surface area (Å²) in [5, 5.41) is 15.7. The Morgan fingerprint density at radius 3 is 3.07 bits per heavy atom. The van der Waals surface area contributed by atoms with Crippen LogP contribution in [0, 0.1) is 11.3 Å². The molecule has 0 saturated carbocycles. The Morgan fingerprint density at radius 2 is 2.16 bits per heavy atom. The first-order valence-electron chi connectivity index (χ1n) is 15.1. The second-order valence-electron chi connectivity index (χ2n) is 12.6. The number of halogens is 1. The summed E-state index contributed by atoms with van der Waals surface area (Å²) in [6, 6.07) is 11.2. The molecule has 0 radical (unpaired) electrons. The number of anilines is 2. The summed E-state index contributed by atoms with van der Waals surface area (Å²) in [4.78, 5) is 19.5. The molecule has 3 N–H and O–H groups in total. The van der Waals surface area contributed by atoms with Crippen molar-refractivity contribution in [3.8, 4) is 29.1 Å². The number of pyridine rings is 1. The quantitative estimate of drug-likeness (QED) is 0.356. The molecule has 0 amide bonds. The molecule has 5 atom stereocenters. The third-order valence-electron chi connectivity index (χ3n) is 10.2. The van der Waals surface area contributed by atoms with Crippen molar-refractivity contribution < 1.29 is 13.9 Å². The third-order valence-corrected chi connectivity index (χ3v) is 11.2. The summed E-state index contributed by atoms with van der Waals surface area (Å²) in [5.74, 6) is 1.45. The van der Waals surface area contributed by atoms with E-state index in [1.807, 2.05) is 24.3 Å². The predicted octanol–water partition coefficient (Wildman–Crippen LogP) is 4.02. The number of alkyl halides is 1. The molecule has 9 rings (SSSR count). The van der Waals surface area contributed by atoms with Crippen molar-refractivity contribution in [2.75, 3.05) is 43.5 Å². The molecule has 8 heterocycles. The van der Waals surface area contributed by atoms with E-state index < -0.39 is 6.17 Å². The first-order chi connectivity index (χ1) is 21.0. The number of benzene rings is 1. The first kappa shape index (κ1) is 25.7. The topological polar surface area (TPSA) is 125 Å². The van der Waals surface area contributed by atoms with E-state index in [9.17, 15) is 9.65 Å². The molecule has 2 bridgehead atoms. The van der Waals surface area contributed by atoms with Gasteiger partial charge < -0.3 is 25.4 Å². The van der Waals surface area contributed by atoms with Gasteiger partial charge in [0.15, 0.2) is 5.65 Å². The highest BCUT2D eigenvalue weighted by molar-refractivity contribution is 7.23. The minimum atomic E-state index is -0.834. The molecule has 1 aromatic carbocycles. The standard InChI is InChI=1S/C31H31FN8O2S/c32-16-10-31(7-2-8-39(31)12-16)15-42-30-37-28-26-23(41-14-22-20-6-5-17(35-20)13-40(22)29(26)38-30)9-21(36-28)18-3-1-4-24-25(18)19(11-33)27(34)43-24/h1,3-4,9,16-17,20,22,35H,2,5-8,10,12-15,34H2/t16-,17-,20+,22-,31+/m1/s1. The van der Waals surface area contributed by atoms with Crippen LogP contribution in [0.25, 0.3) is 32.4 Å². The molecule has 12 heteroatoms. The van der Waals surface area contributed by atoms with Gasteiger partial charge in [0.1, 0.15) is 47.4 Å². The van der Waals surface area contributed by atoms with Gasteiger partial charge in [0.2, 0.25) is 0 Å². The normalized spacial score (nSPS) is 29.3. The van der Waals surface area contributed by atoms with Crippen molar-refractivity contribution >= 4 is 43.3 Å². The van der Waals surface area contributed by atoms with Gasteiger partial charge >= 0.3 is 6.01 Å². The van der Waals surface area contributed by atoms with Gasteiger partial charge in [0.25, 0.3) is 0 Å². The molecular weight excluding hydrogens is 567 g/mol. The van der Waals surface area contributed by atoms with Crippen molar-refractivity contribution in [2.45, 2.75) is 61.9 Å². The summed E-state index contributed by atoms with van der Waals surface area (Å²) in [6.45, 7) is 3.03. The number of rotatable bonds is 4. The SMILES string of the molecule is N#Cc1c(N)sc2cccc(-c3cc4c5c(nc(OC[C@@]67CCCN6C[C@H](F)C7)nc5n3)N3C[C@H]5CC[C@H](N5)[C@H]3CO4)c12. The van der Waals surface area contributed by atoms with Crippen molar-refractivity contribution in [2.24, 2.45) is 0 Å². The predicted molar refractivity (Wildman–Crippen MR) is 162 cm³/mol. The van der Waals surface area contributed by atoms with Gasteiger partial charge in [-0.15, -0.1) is 11.3 Å². The Bertz CT molecular complexity index is 1840. The van der Waals surface area contributed by atoms with Crippen LogP contribution in [0.1, 0.15) is 37.7 Å². The number of thiophene rings is 1. The Hall–Kier alpha value is -3.79. The van der Waals surface area contributed by atoms with Crippen LogP contribution >= 0.6 is 11.3 Å². The molecule has 4 fully saturated rings. The highest BCUT2D eigenvalue weighted by Gasteiger charge is 2.50. The highest BCUT2D eigenvalue weighted by Crippen LogP contribution is 2.45. The molecule has 220 valence electrons. The molecule has 3 aromatic heterocycles. The Labute approximate surface area is 251 Å². The van der Waals surface area contributed by atoms with Crippen molar-refractivity contribution in [3.05, 3.63) is 29.8 Å². The molecular formula is C31H31FN8O2S. The van der Waals surface area contributed by atoms with Crippen LogP contribution in [-0.2, 0) is 0 Å². The number of fused-ring (bicyclic) bond motifs is 7. The van der Waals surface area contributed by atoms with Crippen molar-refractivity contribution in [3.63, 3.8) is 0 Å². The maximum absolute atomic E-state index is 14.5. The molecule has 43 heavy (non-hydrogen) atoms. The van der Waals surface area contributed by atoms with Crippen molar-refractivity contribution in [1.82, 2.24) is 25.2 Å². The summed E-state index contributed by atoms with van der Waals surface area (Å²) in [6.07, 6.45) is 3.81. The zero-order valence-electron chi connectivity index (χ0n) is 23.6. The summed E-state index contributed by atoms with van der Waals surface area (Å²) in [5.41, 5.74) is 8.30. The van der Waals surface area contributed by atoms with Gasteiger partial charge in [0.05, 0.1) is 22.8 Å². The van der Waals surface area contributed by atoms with Gasteiger partial charge in [-0.3, -0.25) is 4.90 Å². The van der Waals surface area contributed by atoms with E-state index in [4.69, 9.17) is 30.2 Å². The molecule has 10 nitrogen and oxygen atoms in total. The number of nitriles is 1. The molecule has 5 aliphatic heterocycles. The van der Waals surface area contributed by atoms with Crippen LogP contribution < -0.4 is 25.4 Å². The van der Waals surface area contributed by atoms with Crippen LogP contribution in [-0.4, -0.2) is 82.5 Å². The maximum atomic E-state index is 14.5. The minimum absolute atomic E-state index is 0.108. The summed E-state index contributed by atoms with van der Waals surface area (Å²) < 4.78 is 28.3. The first-order valence-corrected chi connectivity index (χ1v) is 15.9. The van der Waals surface area contributed by atoms with E-state index in [-0.39, 0.29) is 17.6 Å². The third kappa shape index (κ3) is 3.84. The van der Waals surface area contributed by atoms with Crippen LogP contribution in [0.4, 0.5) is 15.2 Å². The number of ether oxygens (including phenoxy) is 2. The minimum Gasteiger partial charge on any atom is -0.490 e. The Kier molecular flexibility index (Phi) is 5.59. The zero-order valence-corrected chi connectivity index (χ0v) is 24.4. The largest absolute Gasteiger partial charge is 0.490 e. The lowest BCUT2D eigenvalue weighted by molar-refractivity contribution is 0.107. The average molecular weight is 599 g/mol. The van der Waals surface area contributed by atoms with Crippen LogP contribution in [0.15, 0.2) is 24.3 Å². The molecule has 4 saturated heterocycles. The molecule has 0 aliphatic carbocycles. The fourth-order valence-electron chi connectivity index (χ4n) is 8.24. The molecule has 0 spiro atoms. The van der Waals surface area contributed by atoms with E-state index in [2.05, 4.69) is 21.2 Å². The number of hydrogen-bond acceptors (Lipinski definition) is 11. The smallest absolute Gasteiger partial charge is 0.320 e. The van der Waals surface area contributed by atoms with E-state index in [1.54, 1.807) is 0 Å². The lowest BCUT2D eigenvalue weighted by atomic mass is 9.95. The van der Waals surface area contributed by atoms with E-state index in [0.717, 1.165) is 65.6 Å². The van der Waals surface area contributed by atoms with Gasteiger partial charge in [-0.2, -0.15) is 15.2 Å². The highest BCUT2D eigenvalue weighted by atomic mass is 32.1. The molecule has 4 aromatic rings. The van der Waals surface area contributed by atoms with Crippen molar-refractivity contribution in [1.29, 1.82) is 5.26 Å². The molecule has 0 unspecified atom stereocenters. The van der Waals surface area contributed by atoms with E-state index >= 15 is 0 Å². The van der Waals surface area contributed by atoms with Gasteiger partial charge in [0, 0.05) is 53.3 Å². The number of piperazine rings is 1. The van der Waals surface area contributed by atoms with Gasteiger partial charge in [-0.1, -0.05) is 12.1 Å². The summed E-state index contributed by atoms with van der Waals surface area (Å²) in [7, 11) is 0. The fourth-order valence-corrected chi connectivity index (χ4v) is 9.18. The number of nitrogens with zero attached hydrogens (tertiary/aromatic N) is 6. The zero-order chi connectivity index (χ0) is 28.9. The number of hydrogen-bond donors (Lipinski definition) is 2. The van der Waals surface area contributed by atoms with Gasteiger partial charge in [-0.25, -0.2) is 9.37 Å². The Balaban J connectivity index is 1.20. The monoisotopic (exact) mass is 598 g/mol. The number of aromatic nitrogens is 3. The van der Waals surface area contributed by atoms with E-state index in [0.29, 0.717) is 65.9 Å². The lowest BCUT2D eigenvalue weighted by Crippen LogP contribution is -2.60. The average Bonchev–Trinajstić information content (AvgIpc) is 3.72. The maximum Gasteiger partial charge on any atom is 0.320 e. The Morgan fingerprint density at radius 1 is 1.23 bits per heavy atom. The van der Waals surface area contributed by atoms with Crippen LogP contribution in [0.3, 0.4) is 0 Å². The van der Waals surface area contributed by atoms with Crippen LogP contribution in [0.2, 0.25) is 0 Å². The lowest BCUT2D eigenvalue weighted by Gasteiger charge is -2.40. The van der Waals surface area contributed by atoms with Gasteiger partial charge in [-0.05, 0) is 38.3 Å². The number of nitrogen functional groups attached to an aromatic ring is 1. The number of nitrogens with two attached hydrogens (primary N) is 1.